The first-order chi connectivity index (χ1) is 4.39. The van der Waals surface area contributed by atoms with Crippen molar-refractivity contribution in [3.05, 3.63) is 0 Å². The number of carbonyl (C=O) groups is 2. The van der Waals surface area contributed by atoms with Crippen LogP contribution in [0, 0.1) is 0 Å². The lowest BCUT2D eigenvalue weighted by molar-refractivity contribution is -0.148. The SMILES string of the molecule is [2H]O[13C](=O)C(=O)C([2H])([2H])[2H]. The molecular weight excluding hydrogens is 85.0 g/mol. The van der Waals surface area contributed by atoms with Gasteiger partial charge >= 0.3 is 5.97 Å². The van der Waals surface area contributed by atoms with E-state index in [9.17, 15) is 9.59 Å². The summed E-state index contributed by atoms with van der Waals surface area (Å²) in [4.78, 5) is 20.3. The monoisotopic (exact) mass is 93.0 g/mol. The van der Waals surface area contributed by atoms with E-state index >= 15 is 0 Å². The average Bonchev–Trinajstić information content (AvgIpc) is 1.83. The molecule has 0 spiro atoms. The molecule has 0 bridgehead atoms. The number of hydrogen-bond donors (Lipinski definition) is 1. The molecule has 0 saturated carbocycles. The first kappa shape index (κ1) is 1.33. The van der Waals surface area contributed by atoms with E-state index in [4.69, 9.17) is 5.54 Å². The van der Waals surface area contributed by atoms with E-state index in [1.54, 1.807) is 0 Å². The highest BCUT2D eigenvalue weighted by atomic mass is 16.5. The molecule has 1 N–H and O–H groups in total. The van der Waals surface area contributed by atoms with E-state index < -0.39 is 18.6 Å². The number of hydrogen-bond acceptors (Lipinski definition) is 3. The Hall–Kier alpha value is -0.860. The van der Waals surface area contributed by atoms with Gasteiger partial charge in [0.2, 0.25) is 5.78 Å². The van der Waals surface area contributed by atoms with Crippen molar-refractivity contribution in [2.24, 2.45) is 0 Å². The zero-order valence-electron chi connectivity index (χ0n) is 6.72. The zero-order valence-corrected chi connectivity index (χ0v) is 2.72. The zero-order chi connectivity index (χ0) is 8.36. The molecule has 0 amide bonds. The van der Waals surface area contributed by atoms with Crippen molar-refractivity contribution in [2.75, 3.05) is 0 Å². The summed E-state index contributed by atoms with van der Waals surface area (Å²) in [6.07, 6.45) is 0. The molecule has 0 aliphatic carbocycles. The summed E-state index contributed by atoms with van der Waals surface area (Å²) in [5.74, 6) is -3.34. The highest BCUT2D eigenvalue weighted by Crippen LogP contribution is 1.61. The van der Waals surface area contributed by atoms with Gasteiger partial charge < -0.3 is 5.11 Å². The van der Waals surface area contributed by atoms with Crippen LogP contribution in [0.2, 0.25) is 0 Å². The quantitative estimate of drug-likeness (QED) is 0.356. The van der Waals surface area contributed by atoms with Gasteiger partial charge in [0, 0.05) is 11.0 Å². The van der Waals surface area contributed by atoms with Gasteiger partial charge in [-0.05, 0) is 0 Å². The summed E-state index contributed by atoms with van der Waals surface area (Å²) in [5, 5.41) is 3.14. The minimum atomic E-state index is -3.00. The Bertz CT molecular complexity index is 160. The third kappa shape index (κ3) is 1.46. The average molecular weight is 93.1 g/mol. The molecule has 0 aliphatic heterocycles. The van der Waals surface area contributed by atoms with E-state index in [0.29, 0.717) is 0 Å². The van der Waals surface area contributed by atoms with Crippen LogP contribution in [0.1, 0.15) is 11.0 Å². The fourth-order valence-corrected chi connectivity index (χ4v) is 0. The lowest BCUT2D eigenvalue weighted by Gasteiger charge is -1.73. The maximum absolute atomic E-state index is 10.2. The summed E-state index contributed by atoms with van der Waals surface area (Å²) in [5.41, 5.74) is 0. The van der Waals surface area contributed by atoms with Crippen LogP contribution in [0.5, 0.6) is 0 Å². The van der Waals surface area contributed by atoms with E-state index in [0.717, 1.165) is 0 Å². The first-order valence-corrected chi connectivity index (χ1v) is 1.11. The Morgan fingerprint density at radius 1 is 2.00 bits per heavy atom. The Morgan fingerprint density at radius 2 is 2.67 bits per heavy atom. The number of Topliss-reactive ketones (excluding diaryl/α,β-unsaturated/α-hetero) is 1. The van der Waals surface area contributed by atoms with Gasteiger partial charge in [0.15, 0.2) is 0 Å². The standard InChI is InChI=1S/C3H4O3/c1-2(4)3(5)6/h1H3,(H,5,6)/i1D3,3+1/hD. The summed E-state index contributed by atoms with van der Waals surface area (Å²) in [7, 11) is 0. The Labute approximate surface area is 40.3 Å². The van der Waals surface area contributed by atoms with Crippen molar-refractivity contribution < 1.29 is 18.8 Å². The van der Waals surface area contributed by atoms with Crippen LogP contribution in [0.25, 0.3) is 1.43 Å². The summed E-state index contributed by atoms with van der Waals surface area (Å²) in [6.45, 7) is -3.00. The van der Waals surface area contributed by atoms with Crippen molar-refractivity contribution >= 4 is 11.8 Å². The highest BCUT2D eigenvalue weighted by Gasteiger charge is 1.98. The minimum absolute atomic E-state index is 1.67. The van der Waals surface area contributed by atoms with Crippen molar-refractivity contribution in [3.63, 3.8) is 0 Å². The largest absolute Gasteiger partial charge is 0.476 e. The third-order valence-corrected chi connectivity index (χ3v) is 0.185. The van der Waals surface area contributed by atoms with Gasteiger partial charge in [-0.15, -0.1) is 0 Å². The van der Waals surface area contributed by atoms with Gasteiger partial charge in [-0.2, -0.15) is 0 Å². The van der Waals surface area contributed by atoms with Crippen LogP contribution < -0.4 is 0 Å². The first-order valence-electron chi connectivity index (χ1n) is 3.02. The molecule has 0 aliphatic rings. The van der Waals surface area contributed by atoms with Crippen LogP contribution in [-0.2, 0) is 9.59 Å². The van der Waals surface area contributed by atoms with E-state index in [-0.39, 0.29) is 0 Å². The molecule has 0 radical (unpaired) electrons. The number of carboxylic acid groups (broad SMARTS) is 1. The molecule has 0 fully saturated rings. The van der Waals surface area contributed by atoms with Gasteiger partial charge in [0.1, 0.15) is 0 Å². The molecule has 0 unspecified atom stereocenters. The molecule has 34 valence electrons. The number of ketones is 1. The molecule has 0 aromatic rings. The van der Waals surface area contributed by atoms with Crippen molar-refractivity contribution in [3.8, 4) is 0 Å². The molecular formula is C3H4O3. The van der Waals surface area contributed by atoms with Crippen LogP contribution in [0.3, 0.4) is 0 Å². The van der Waals surface area contributed by atoms with Gasteiger partial charge in [-0.25, -0.2) is 4.79 Å². The Kier molecular flexibility index (Phi) is 0.342. The van der Waals surface area contributed by atoms with Gasteiger partial charge in [-0.1, -0.05) is 0 Å². The summed E-state index contributed by atoms with van der Waals surface area (Å²) in [6, 6.07) is 0. The van der Waals surface area contributed by atoms with Crippen molar-refractivity contribution in [1.82, 2.24) is 0 Å². The maximum Gasteiger partial charge on any atom is 0.371 e. The maximum atomic E-state index is 10.2. The minimum Gasteiger partial charge on any atom is -0.476 e. The second-order valence-corrected chi connectivity index (χ2v) is 0.617. The molecule has 0 heterocycles. The number of aliphatic carboxylic acids is 1. The number of carbonyl (C=O) groups excluding carboxylic acids is 1. The molecule has 0 aromatic carbocycles. The fourth-order valence-electron chi connectivity index (χ4n) is 0. The summed E-state index contributed by atoms with van der Waals surface area (Å²) < 4.78 is 25.0. The van der Waals surface area contributed by atoms with Gasteiger partial charge in [-0.3, -0.25) is 4.79 Å². The van der Waals surface area contributed by atoms with Crippen LogP contribution >= 0.6 is 0 Å². The van der Waals surface area contributed by atoms with Crippen molar-refractivity contribution in [1.29, 1.82) is 1.43 Å². The molecule has 6 heavy (non-hydrogen) atoms. The molecule has 0 aromatic heterocycles. The Balaban J connectivity index is 4.24. The smallest absolute Gasteiger partial charge is 0.371 e. The second kappa shape index (κ2) is 1.55. The predicted octanol–water partition coefficient (Wildman–Crippen LogP) is -0.340. The van der Waals surface area contributed by atoms with Crippen molar-refractivity contribution in [2.45, 2.75) is 6.85 Å². The Morgan fingerprint density at radius 3 is 2.83 bits per heavy atom. The topological polar surface area (TPSA) is 54.4 Å². The lowest BCUT2D eigenvalue weighted by atomic mass is 10.7. The van der Waals surface area contributed by atoms with E-state index in [1.807, 2.05) is 0 Å². The lowest BCUT2D eigenvalue weighted by Crippen LogP contribution is -2.05. The molecule has 0 saturated heterocycles. The molecule has 0 atom stereocenters. The number of rotatable bonds is 1. The van der Waals surface area contributed by atoms with E-state index in [1.165, 1.54) is 0 Å². The van der Waals surface area contributed by atoms with Gasteiger partial charge in [0.05, 0.1) is 0 Å². The highest BCUT2D eigenvalue weighted by molar-refractivity contribution is 6.31. The van der Waals surface area contributed by atoms with Crippen LogP contribution in [0.15, 0.2) is 0 Å². The normalized spacial score (nSPS) is 18.7. The summed E-state index contributed by atoms with van der Waals surface area (Å²) >= 11 is 0. The second-order valence-electron chi connectivity index (χ2n) is 0.617. The molecule has 3 heteroatoms. The molecule has 0 rings (SSSR count). The van der Waals surface area contributed by atoms with Crippen LogP contribution in [-0.4, -0.2) is 16.9 Å². The molecule has 3 nitrogen and oxygen atoms in total. The van der Waals surface area contributed by atoms with Crippen LogP contribution in [0.4, 0.5) is 0 Å². The fraction of sp³-hybridized carbons (Fsp3) is 0.333. The third-order valence-electron chi connectivity index (χ3n) is 0.185. The number of carboxylic acids is 1. The van der Waals surface area contributed by atoms with Gasteiger partial charge in [0.25, 0.3) is 1.43 Å². The van der Waals surface area contributed by atoms with E-state index in [2.05, 4.69) is 5.11 Å². The predicted molar refractivity (Wildman–Crippen MR) is 18.3 cm³/mol.